The lowest BCUT2D eigenvalue weighted by atomic mass is 10.0. The highest BCUT2D eigenvalue weighted by Gasteiger charge is 1.97. The molecule has 0 aliphatic heterocycles. The average Bonchev–Trinajstić information content (AvgIpc) is 2.38. The smallest absolute Gasteiger partial charge is 0.119 e. The van der Waals surface area contributed by atoms with Crippen molar-refractivity contribution in [3.63, 3.8) is 0 Å². The van der Waals surface area contributed by atoms with Crippen molar-refractivity contribution < 1.29 is 4.74 Å². The Labute approximate surface area is 96.7 Å². The summed E-state index contributed by atoms with van der Waals surface area (Å²) in [5, 5.41) is 0. The van der Waals surface area contributed by atoms with Crippen molar-refractivity contribution in [2.75, 3.05) is 7.11 Å². The fourth-order valence-corrected chi connectivity index (χ4v) is 1.76. The number of ether oxygens (including phenoxy) is 1. The lowest BCUT2D eigenvalue weighted by molar-refractivity contribution is 0.414. The maximum atomic E-state index is 5.21. The van der Waals surface area contributed by atoms with Gasteiger partial charge < -0.3 is 4.74 Å². The zero-order valence-electron chi connectivity index (χ0n) is 9.52. The van der Waals surface area contributed by atoms with Crippen LogP contribution >= 0.6 is 0 Å². The van der Waals surface area contributed by atoms with Crippen molar-refractivity contribution in [2.45, 2.75) is 12.8 Å². The Morgan fingerprint density at radius 2 is 1.50 bits per heavy atom. The highest BCUT2D eigenvalue weighted by molar-refractivity contribution is 5.29. The van der Waals surface area contributed by atoms with Crippen LogP contribution < -0.4 is 4.74 Å². The summed E-state index contributed by atoms with van der Waals surface area (Å²) in [7, 11) is 1.70. The lowest BCUT2D eigenvalue weighted by Crippen LogP contribution is -1.92. The Balaban J connectivity index is 1.99. The number of hydrogen-bond acceptors (Lipinski definition) is 1. The maximum absolute atomic E-state index is 5.21. The molecular weight excluding hydrogens is 196 g/mol. The highest BCUT2D eigenvalue weighted by Crippen LogP contribution is 2.14. The molecule has 0 aliphatic carbocycles. The monoisotopic (exact) mass is 212 g/mol. The van der Waals surface area contributed by atoms with Crippen molar-refractivity contribution in [1.82, 2.24) is 0 Å². The minimum absolute atomic E-state index is 0.936. The average molecular weight is 212 g/mol. The highest BCUT2D eigenvalue weighted by atomic mass is 16.5. The van der Waals surface area contributed by atoms with Gasteiger partial charge in [-0.1, -0.05) is 42.5 Å². The minimum Gasteiger partial charge on any atom is -0.497 e. The number of hydrogen-bond donors (Lipinski definition) is 0. The van der Waals surface area contributed by atoms with Gasteiger partial charge in [-0.15, -0.1) is 0 Å². The van der Waals surface area contributed by atoms with E-state index < -0.39 is 0 Å². The fourth-order valence-electron chi connectivity index (χ4n) is 1.76. The molecule has 1 nitrogen and oxygen atoms in total. The van der Waals surface area contributed by atoms with Gasteiger partial charge in [0.15, 0.2) is 0 Å². The van der Waals surface area contributed by atoms with E-state index in [-0.39, 0.29) is 0 Å². The van der Waals surface area contributed by atoms with Gasteiger partial charge in [-0.2, -0.15) is 0 Å². The zero-order chi connectivity index (χ0) is 11.2. The van der Waals surface area contributed by atoms with Crippen LogP contribution in [-0.4, -0.2) is 7.11 Å². The lowest BCUT2D eigenvalue weighted by Gasteiger charge is -2.04. The second-order valence-electron chi connectivity index (χ2n) is 3.84. The van der Waals surface area contributed by atoms with Crippen molar-refractivity contribution in [2.24, 2.45) is 0 Å². The molecule has 2 aromatic rings. The van der Waals surface area contributed by atoms with E-state index in [2.05, 4.69) is 42.5 Å². The van der Waals surface area contributed by atoms with Crippen molar-refractivity contribution >= 4 is 0 Å². The van der Waals surface area contributed by atoms with E-state index in [0.29, 0.717) is 0 Å². The SMILES string of the molecule is COc1cccc(CCc2ccccc2)c1. The Morgan fingerprint density at radius 3 is 2.25 bits per heavy atom. The van der Waals surface area contributed by atoms with Crippen LogP contribution in [0.2, 0.25) is 0 Å². The number of benzene rings is 2. The van der Waals surface area contributed by atoms with E-state index in [1.165, 1.54) is 11.1 Å². The first-order valence-corrected chi connectivity index (χ1v) is 5.55. The molecule has 0 unspecified atom stereocenters. The van der Waals surface area contributed by atoms with Crippen LogP contribution in [0.1, 0.15) is 11.1 Å². The minimum atomic E-state index is 0.936. The predicted molar refractivity (Wildman–Crippen MR) is 66.8 cm³/mol. The largest absolute Gasteiger partial charge is 0.497 e. The van der Waals surface area contributed by atoms with E-state index in [1.807, 2.05) is 12.1 Å². The molecule has 0 aromatic heterocycles. The molecule has 0 fully saturated rings. The van der Waals surface area contributed by atoms with Crippen molar-refractivity contribution in [1.29, 1.82) is 0 Å². The van der Waals surface area contributed by atoms with Crippen molar-refractivity contribution in [3.8, 4) is 5.75 Å². The summed E-state index contributed by atoms with van der Waals surface area (Å²) >= 11 is 0. The summed E-state index contributed by atoms with van der Waals surface area (Å²) in [6.45, 7) is 0. The van der Waals surface area contributed by atoms with E-state index in [1.54, 1.807) is 7.11 Å². The first-order valence-electron chi connectivity index (χ1n) is 5.55. The van der Waals surface area contributed by atoms with Gasteiger partial charge in [0.05, 0.1) is 7.11 Å². The molecule has 2 rings (SSSR count). The molecule has 82 valence electrons. The molecular formula is C15H16O. The van der Waals surface area contributed by atoms with Gasteiger partial charge in [-0.25, -0.2) is 0 Å². The molecule has 0 radical (unpaired) electrons. The third-order valence-corrected chi connectivity index (χ3v) is 2.68. The van der Waals surface area contributed by atoms with E-state index in [4.69, 9.17) is 4.74 Å². The second kappa shape index (κ2) is 5.36. The summed E-state index contributed by atoms with van der Waals surface area (Å²) < 4.78 is 5.21. The molecule has 0 aliphatic rings. The van der Waals surface area contributed by atoms with Crippen LogP contribution in [0.25, 0.3) is 0 Å². The van der Waals surface area contributed by atoms with Crippen LogP contribution in [0.4, 0.5) is 0 Å². The van der Waals surface area contributed by atoms with Crippen molar-refractivity contribution in [3.05, 3.63) is 65.7 Å². The van der Waals surface area contributed by atoms with Crippen LogP contribution in [0, 0.1) is 0 Å². The molecule has 0 atom stereocenters. The number of rotatable bonds is 4. The summed E-state index contributed by atoms with van der Waals surface area (Å²) in [4.78, 5) is 0. The summed E-state index contributed by atoms with van der Waals surface area (Å²) in [6.07, 6.45) is 2.13. The van der Waals surface area contributed by atoms with Gasteiger partial charge in [0.25, 0.3) is 0 Å². The quantitative estimate of drug-likeness (QED) is 0.754. The first-order chi connectivity index (χ1) is 7.88. The summed E-state index contributed by atoms with van der Waals surface area (Å²) in [6, 6.07) is 18.8. The molecule has 2 aromatic carbocycles. The Kier molecular flexibility index (Phi) is 3.60. The van der Waals surface area contributed by atoms with Gasteiger partial charge in [0.2, 0.25) is 0 Å². The molecule has 0 heterocycles. The molecule has 0 saturated heterocycles. The van der Waals surface area contributed by atoms with Crippen LogP contribution in [-0.2, 0) is 12.8 Å². The van der Waals surface area contributed by atoms with E-state index >= 15 is 0 Å². The molecule has 0 N–H and O–H groups in total. The van der Waals surface area contributed by atoms with Gasteiger partial charge in [-0.05, 0) is 36.1 Å². The van der Waals surface area contributed by atoms with E-state index in [9.17, 15) is 0 Å². The van der Waals surface area contributed by atoms with Crippen LogP contribution in [0.15, 0.2) is 54.6 Å². The topological polar surface area (TPSA) is 9.23 Å². The molecule has 0 saturated carbocycles. The summed E-state index contributed by atoms with van der Waals surface area (Å²) in [5.74, 6) is 0.936. The summed E-state index contributed by atoms with van der Waals surface area (Å²) in [5.41, 5.74) is 2.70. The van der Waals surface area contributed by atoms with E-state index in [0.717, 1.165) is 18.6 Å². The number of methoxy groups -OCH3 is 1. The van der Waals surface area contributed by atoms with Gasteiger partial charge in [0, 0.05) is 0 Å². The first kappa shape index (κ1) is 10.7. The predicted octanol–water partition coefficient (Wildman–Crippen LogP) is 3.48. The Hall–Kier alpha value is -1.76. The van der Waals surface area contributed by atoms with Gasteiger partial charge >= 0.3 is 0 Å². The standard InChI is InChI=1S/C15H16O/c1-16-15-9-5-8-14(12-15)11-10-13-6-3-2-4-7-13/h2-9,12H,10-11H2,1H3. The van der Waals surface area contributed by atoms with Gasteiger partial charge in [0.1, 0.15) is 5.75 Å². The van der Waals surface area contributed by atoms with Gasteiger partial charge in [-0.3, -0.25) is 0 Å². The normalized spacial score (nSPS) is 10.1. The molecule has 16 heavy (non-hydrogen) atoms. The third-order valence-electron chi connectivity index (χ3n) is 2.68. The molecule has 1 heteroatoms. The zero-order valence-corrected chi connectivity index (χ0v) is 9.52. The second-order valence-corrected chi connectivity index (χ2v) is 3.84. The molecule has 0 bridgehead atoms. The fraction of sp³-hybridized carbons (Fsp3) is 0.200. The van der Waals surface area contributed by atoms with Crippen LogP contribution in [0.3, 0.4) is 0 Å². The molecule has 0 spiro atoms. The third kappa shape index (κ3) is 2.86. The van der Waals surface area contributed by atoms with Crippen LogP contribution in [0.5, 0.6) is 5.75 Å². The number of aryl methyl sites for hydroxylation is 2. The molecule has 0 amide bonds. The Bertz CT molecular complexity index is 434. The Morgan fingerprint density at radius 1 is 0.812 bits per heavy atom. The maximum Gasteiger partial charge on any atom is 0.119 e.